The van der Waals surface area contributed by atoms with Crippen molar-refractivity contribution in [1.82, 2.24) is 4.98 Å². The van der Waals surface area contributed by atoms with E-state index in [-0.39, 0.29) is 17.9 Å². The number of nitrogens with zero attached hydrogens (tertiary/aromatic N) is 1. The fourth-order valence-electron chi connectivity index (χ4n) is 4.06. The van der Waals surface area contributed by atoms with E-state index >= 15 is 4.39 Å². The molecule has 5 nitrogen and oxygen atoms in total. The number of hydrogen-bond donors (Lipinski definition) is 1. The first kappa shape index (κ1) is 24.5. The van der Waals surface area contributed by atoms with Crippen molar-refractivity contribution in [3.8, 4) is 11.3 Å². The highest BCUT2D eigenvalue weighted by molar-refractivity contribution is 9.10. The Bertz CT molecular complexity index is 1420. The number of ether oxygens (including phenoxy) is 1. The molecular weight excluding hydrogens is 511 g/mol. The zero-order chi connectivity index (χ0) is 25.1. The Morgan fingerprint density at radius 3 is 2.54 bits per heavy atom. The van der Waals surface area contributed by atoms with Crippen LogP contribution >= 0.6 is 15.9 Å². The van der Waals surface area contributed by atoms with Gasteiger partial charge in [-0.1, -0.05) is 58.4 Å². The summed E-state index contributed by atoms with van der Waals surface area (Å²) >= 11 is 3.47. The van der Waals surface area contributed by atoms with Gasteiger partial charge < -0.3 is 10.1 Å². The van der Waals surface area contributed by atoms with E-state index in [2.05, 4.69) is 21.2 Å². The van der Waals surface area contributed by atoms with Crippen molar-refractivity contribution in [2.45, 2.75) is 26.7 Å². The Hall–Kier alpha value is -3.58. The van der Waals surface area contributed by atoms with Crippen LogP contribution in [0, 0.1) is 12.7 Å². The molecule has 7 heteroatoms. The van der Waals surface area contributed by atoms with Crippen LogP contribution in [-0.2, 0) is 9.53 Å². The fourth-order valence-corrected chi connectivity index (χ4v) is 4.42. The van der Waals surface area contributed by atoms with Crippen LogP contribution in [0.1, 0.15) is 41.3 Å². The van der Waals surface area contributed by atoms with Gasteiger partial charge in [0, 0.05) is 21.0 Å². The number of carbonyl (C=O) groups is 2. The van der Waals surface area contributed by atoms with E-state index in [0.29, 0.717) is 27.7 Å². The lowest BCUT2D eigenvalue weighted by atomic mass is 9.96. The number of benzene rings is 3. The molecule has 178 valence electrons. The molecule has 1 heterocycles. The first-order chi connectivity index (χ1) is 16.8. The second kappa shape index (κ2) is 10.4. The van der Waals surface area contributed by atoms with Crippen molar-refractivity contribution in [2.24, 2.45) is 0 Å². The zero-order valence-electron chi connectivity index (χ0n) is 19.6. The van der Waals surface area contributed by atoms with Crippen LogP contribution in [0.2, 0.25) is 0 Å². The zero-order valence-corrected chi connectivity index (χ0v) is 21.1. The number of amides is 1. The average Bonchev–Trinajstić information content (AvgIpc) is 2.85. The second-order valence-corrected chi connectivity index (χ2v) is 9.04. The maximum Gasteiger partial charge on any atom is 0.313 e. The Balaban J connectivity index is 1.80. The topological polar surface area (TPSA) is 68.3 Å². The van der Waals surface area contributed by atoms with Gasteiger partial charge in [0.15, 0.2) is 5.82 Å². The van der Waals surface area contributed by atoms with Crippen LogP contribution < -0.4 is 5.32 Å². The minimum atomic E-state index is -0.809. The molecule has 0 fully saturated rings. The van der Waals surface area contributed by atoms with E-state index in [4.69, 9.17) is 9.72 Å². The summed E-state index contributed by atoms with van der Waals surface area (Å²) in [6, 6.07) is 19.7. The Kier molecular flexibility index (Phi) is 7.26. The number of carbonyl (C=O) groups excluding carboxylic acids is 2. The van der Waals surface area contributed by atoms with Crippen molar-refractivity contribution >= 4 is 44.4 Å². The van der Waals surface area contributed by atoms with Crippen molar-refractivity contribution in [3.05, 3.63) is 93.7 Å². The highest BCUT2D eigenvalue weighted by Crippen LogP contribution is 2.33. The first-order valence-electron chi connectivity index (χ1n) is 11.2. The van der Waals surface area contributed by atoms with Gasteiger partial charge in [0.2, 0.25) is 0 Å². The van der Waals surface area contributed by atoms with Gasteiger partial charge in [-0.25, -0.2) is 9.37 Å². The third-order valence-corrected chi connectivity index (χ3v) is 6.34. The fraction of sp³-hybridized carbons (Fsp3) is 0.179. The average molecular weight is 535 g/mol. The van der Waals surface area contributed by atoms with Crippen LogP contribution in [0.15, 0.2) is 71.2 Å². The molecule has 4 rings (SSSR count). The van der Waals surface area contributed by atoms with Gasteiger partial charge in [0.25, 0.3) is 5.91 Å². The summed E-state index contributed by atoms with van der Waals surface area (Å²) in [7, 11) is 0. The maximum atomic E-state index is 15.4. The first-order valence-corrected chi connectivity index (χ1v) is 12.0. The van der Waals surface area contributed by atoms with Gasteiger partial charge in [-0.3, -0.25) is 9.59 Å². The van der Waals surface area contributed by atoms with Gasteiger partial charge >= 0.3 is 5.97 Å². The summed E-state index contributed by atoms with van der Waals surface area (Å²) in [5.74, 6) is -2.47. The van der Waals surface area contributed by atoms with Gasteiger partial charge in [-0.05, 0) is 50.6 Å². The van der Waals surface area contributed by atoms with Crippen molar-refractivity contribution in [3.63, 3.8) is 0 Å². The van der Waals surface area contributed by atoms with E-state index in [1.807, 2.05) is 55.5 Å². The monoisotopic (exact) mass is 534 g/mol. The van der Waals surface area contributed by atoms with Crippen LogP contribution in [0.3, 0.4) is 0 Å². The minimum Gasteiger partial charge on any atom is -0.466 e. The molecule has 4 aromatic rings. The van der Waals surface area contributed by atoms with Gasteiger partial charge in [-0.2, -0.15) is 0 Å². The van der Waals surface area contributed by atoms with E-state index < -0.39 is 23.6 Å². The third-order valence-electron chi connectivity index (χ3n) is 5.85. The SMILES string of the molecule is CCOC(=O)C(C)c1cccc(NC(=O)c2c(C)c(-c3ccccc3)nc3ccc(Br)cc23)c1F. The number of esters is 1. The highest BCUT2D eigenvalue weighted by atomic mass is 79.9. The summed E-state index contributed by atoms with van der Waals surface area (Å²) in [4.78, 5) is 30.6. The lowest BCUT2D eigenvalue weighted by Gasteiger charge is -2.17. The van der Waals surface area contributed by atoms with Crippen molar-refractivity contribution < 1.29 is 18.7 Å². The van der Waals surface area contributed by atoms with E-state index in [9.17, 15) is 9.59 Å². The quantitative estimate of drug-likeness (QED) is 0.269. The maximum absolute atomic E-state index is 15.4. The molecular formula is C28H24BrFN2O3. The molecule has 0 aliphatic carbocycles. The lowest BCUT2D eigenvalue weighted by Crippen LogP contribution is -2.18. The molecule has 3 aromatic carbocycles. The van der Waals surface area contributed by atoms with E-state index in [0.717, 1.165) is 10.0 Å². The highest BCUT2D eigenvalue weighted by Gasteiger charge is 2.24. The molecule has 1 atom stereocenters. The molecule has 0 aliphatic heterocycles. The molecule has 0 bridgehead atoms. The van der Waals surface area contributed by atoms with Gasteiger partial charge in [0.05, 0.1) is 35.0 Å². The number of pyridine rings is 1. The molecule has 0 radical (unpaired) electrons. The molecule has 35 heavy (non-hydrogen) atoms. The summed E-state index contributed by atoms with van der Waals surface area (Å²) in [6.45, 7) is 5.31. The number of nitrogens with one attached hydrogen (secondary N) is 1. The van der Waals surface area contributed by atoms with E-state index in [1.54, 1.807) is 19.9 Å². The molecule has 1 amide bonds. The minimum absolute atomic E-state index is 0.00994. The molecule has 1 N–H and O–H groups in total. The Morgan fingerprint density at radius 2 is 1.83 bits per heavy atom. The summed E-state index contributed by atoms with van der Waals surface area (Å²) < 4.78 is 21.2. The molecule has 0 spiro atoms. The Labute approximate surface area is 211 Å². The molecule has 1 aromatic heterocycles. The van der Waals surface area contributed by atoms with Gasteiger partial charge in [-0.15, -0.1) is 0 Å². The summed E-state index contributed by atoms with van der Waals surface area (Å²) in [5, 5.41) is 3.36. The molecule has 0 saturated carbocycles. The number of aromatic nitrogens is 1. The number of fused-ring (bicyclic) bond motifs is 1. The molecule has 1 unspecified atom stereocenters. The largest absolute Gasteiger partial charge is 0.466 e. The normalized spacial score (nSPS) is 11.8. The number of anilines is 1. The molecule has 0 saturated heterocycles. The second-order valence-electron chi connectivity index (χ2n) is 8.12. The van der Waals surface area contributed by atoms with Crippen LogP contribution in [0.25, 0.3) is 22.2 Å². The Morgan fingerprint density at radius 1 is 1.09 bits per heavy atom. The predicted octanol–water partition coefficient (Wildman–Crippen LogP) is 7.03. The number of hydrogen-bond acceptors (Lipinski definition) is 4. The van der Waals surface area contributed by atoms with Crippen LogP contribution in [0.4, 0.5) is 10.1 Å². The van der Waals surface area contributed by atoms with Crippen molar-refractivity contribution in [2.75, 3.05) is 11.9 Å². The van der Waals surface area contributed by atoms with E-state index in [1.165, 1.54) is 12.1 Å². The lowest BCUT2D eigenvalue weighted by molar-refractivity contribution is -0.144. The van der Waals surface area contributed by atoms with Crippen LogP contribution in [-0.4, -0.2) is 23.5 Å². The number of halogens is 2. The van der Waals surface area contributed by atoms with Gasteiger partial charge in [0.1, 0.15) is 0 Å². The smallest absolute Gasteiger partial charge is 0.313 e. The number of rotatable bonds is 6. The van der Waals surface area contributed by atoms with Crippen LogP contribution in [0.5, 0.6) is 0 Å². The predicted molar refractivity (Wildman–Crippen MR) is 139 cm³/mol. The third kappa shape index (κ3) is 4.95. The standard InChI is InChI=1S/C28H24BrFN2O3/c1-4-35-28(34)16(2)20-11-8-12-23(25(20)30)32-27(33)24-17(3)26(18-9-6-5-7-10-18)31-22-14-13-19(29)15-21(22)24/h5-16H,4H2,1-3H3,(H,32,33). The van der Waals surface area contributed by atoms with Crippen molar-refractivity contribution in [1.29, 1.82) is 0 Å². The molecule has 0 aliphatic rings. The summed E-state index contributed by atoms with van der Waals surface area (Å²) in [5.41, 5.74) is 3.42. The summed E-state index contributed by atoms with van der Waals surface area (Å²) in [6.07, 6.45) is 0.